The Kier molecular flexibility index (Phi) is 6.62. The second-order valence-electron chi connectivity index (χ2n) is 8.98. The maximum atomic E-state index is 13.0. The molecule has 7 heteroatoms. The molecule has 2 aliphatic rings. The van der Waals surface area contributed by atoms with Gasteiger partial charge in [-0.1, -0.05) is 17.7 Å². The van der Waals surface area contributed by atoms with E-state index < -0.39 is 5.60 Å². The molecule has 1 aromatic carbocycles. The zero-order valence-electron chi connectivity index (χ0n) is 17.9. The maximum absolute atomic E-state index is 13.0. The van der Waals surface area contributed by atoms with Gasteiger partial charge in [-0.2, -0.15) is 0 Å². The first kappa shape index (κ1) is 21.8. The molecule has 0 aromatic heterocycles. The molecule has 0 unspecified atom stereocenters. The summed E-state index contributed by atoms with van der Waals surface area (Å²) in [5.74, 6) is 0.212. The Morgan fingerprint density at radius 3 is 2.21 bits per heavy atom. The van der Waals surface area contributed by atoms with Crippen LogP contribution >= 0.6 is 11.6 Å². The minimum Gasteiger partial charge on any atom is -0.444 e. The quantitative estimate of drug-likeness (QED) is 0.725. The van der Waals surface area contributed by atoms with Crippen molar-refractivity contribution in [1.82, 2.24) is 9.80 Å². The van der Waals surface area contributed by atoms with E-state index >= 15 is 0 Å². The van der Waals surface area contributed by atoms with Crippen molar-refractivity contribution in [3.8, 4) is 0 Å². The highest BCUT2D eigenvalue weighted by molar-refractivity contribution is 6.30. The lowest BCUT2D eigenvalue weighted by Gasteiger charge is -2.40. The van der Waals surface area contributed by atoms with Gasteiger partial charge in [0, 0.05) is 55.9 Å². The van der Waals surface area contributed by atoms with Gasteiger partial charge in [-0.15, -0.1) is 0 Å². The molecule has 2 fully saturated rings. The average molecular weight is 422 g/mol. The number of hydrogen-bond donors (Lipinski definition) is 0. The highest BCUT2D eigenvalue weighted by Gasteiger charge is 2.33. The molecule has 1 aromatic rings. The van der Waals surface area contributed by atoms with Crippen LogP contribution in [0.5, 0.6) is 0 Å². The summed E-state index contributed by atoms with van der Waals surface area (Å²) >= 11 is 6.16. The number of carbonyl (C=O) groups excluding carboxylic acids is 2. The molecule has 0 N–H and O–H groups in total. The summed E-state index contributed by atoms with van der Waals surface area (Å²) < 4.78 is 5.44. The number of rotatable bonds is 2. The molecular weight excluding hydrogens is 390 g/mol. The van der Waals surface area contributed by atoms with Crippen LogP contribution in [-0.4, -0.2) is 66.7 Å². The van der Waals surface area contributed by atoms with Crippen LogP contribution in [0.1, 0.15) is 39.2 Å². The first-order valence-electron chi connectivity index (χ1n) is 10.4. The smallest absolute Gasteiger partial charge is 0.410 e. The number of benzene rings is 1. The lowest BCUT2D eigenvalue weighted by Crippen LogP contribution is -2.52. The zero-order valence-corrected chi connectivity index (χ0v) is 18.7. The van der Waals surface area contributed by atoms with Gasteiger partial charge in [-0.25, -0.2) is 4.79 Å². The summed E-state index contributed by atoms with van der Waals surface area (Å²) in [6, 6.07) is 5.94. The Hall–Kier alpha value is -1.95. The Morgan fingerprint density at radius 1 is 1.00 bits per heavy atom. The minimum atomic E-state index is -0.495. The Balaban J connectivity index is 1.49. The molecule has 3 rings (SSSR count). The highest BCUT2D eigenvalue weighted by Crippen LogP contribution is 2.27. The topological polar surface area (TPSA) is 53.1 Å². The first-order valence-corrected chi connectivity index (χ1v) is 10.8. The van der Waals surface area contributed by atoms with Crippen molar-refractivity contribution in [1.29, 1.82) is 0 Å². The van der Waals surface area contributed by atoms with Crippen LogP contribution in [0.4, 0.5) is 10.5 Å². The molecule has 6 nitrogen and oxygen atoms in total. The van der Waals surface area contributed by atoms with Gasteiger partial charge in [-0.3, -0.25) is 4.79 Å². The van der Waals surface area contributed by atoms with Crippen molar-refractivity contribution >= 4 is 29.3 Å². The number of halogens is 1. The number of piperidine rings is 1. The van der Waals surface area contributed by atoms with Crippen LogP contribution < -0.4 is 4.90 Å². The molecule has 0 radical (unpaired) electrons. The highest BCUT2D eigenvalue weighted by atomic mass is 35.5. The Bertz CT molecular complexity index is 746. The van der Waals surface area contributed by atoms with Gasteiger partial charge in [-0.05, 0) is 58.2 Å². The summed E-state index contributed by atoms with van der Waals surface area (Å²) in [7, 11) is 0. The van der Waals surface area contributed by atoms with Crippen LogP contribution in [0, 0.1) is 12.8 Å². The summed E-state index contributed by atoms with van der Waals surface area (Å²) in [6.07, 6.45) is 1.12. The number of aryl methyl sites for hydroxylation is 1. The summed E-state index contributed by atoms with van der Waals surface area (Å²) in [6.45, 7) is 11.9. The maximum Gasteiger partial charge on any atom is 0.410 e. The zero-order chi connectivity index (χ0) is 21.2. The van der Waals surface area contributed by atoms with Crippen molar-refractivity contribution in [2.45, 2.75) is 46.1 Å². The van der Waals surface area contributed by atoms with Gasteiger partial charge < -0.3 is 19.4 Å². The van der Waals surface area contributed by atoms with Crippen molar-refractivity contribution in [2.75, 3.05) is 44.2 Å². The Morgan fingerprint density at radius 2 is 1.62 bits per heavy atom. The van der Waals surface area contributed by atoms with Crippen LogP contribution in [0.25, 0.3) is 0 Å². The lowest BCUT2D eigenvalue weighted by atomic mass is 9.95. The van der Waals surface area contributed by atoms with E-state index in [1.165, 1.54) is 5.56 Å². The van der Waals surface area contributed by atoms with E-state index in [0.717, 1.165) is 36.9 Å². The summed E-state index contributed by atoms with van der Waals surface area (Å²) in [4.78, 5) is 31.2. The number of anilines is 1. The SMILES string of the molecule is Cc1ccc(Cl)cc1N1CCN(C(=O)C2CCN(C(=O)OC(C)(C)C)CC2)CC1. The van der Waals surface area contributed by atoms with Crippen molar-refractivity contribution in [3.63, 3.8) is 0 Å². The molecule has 0 bridgehead atoms. The van der Waals surface area contributed by atoms with Gasteiger partial charge in [0.15, 0.2) is 0 Å². The average Bonchev–Trinajstić information content (AvgIpc) is 2.68. The molecule has 160 valence electrons. The number of hydrogen-bond acceptors (Lipinski definition) is 4. The molecule has 2 saturated heterocycles. The fourth-order valence-corrected chi connectivity index (χ4v) is 4.15. The van der Waals surface area contributed by atoms with E-state index in [0.29, 0.717) is 25.9 Å². The number of carbonyl (C=O) groups is 2. The predicted molar refractivity (Wildman–Crippen MR) is 116 cm³/mol. The van der Waals surface area contributed by atoms with Crippen molar-refractivity contribution < 1.29 is 14.3 Å². The standard InChI is InChI=1S/C22H32ClN3O3/c1-16-5-6-18(23)15-19(16)24-11-13-25(14-12-24)20(27)17-7-9-26(10-8-17)21(28)29-22(2,3)4/h5-6,15,17H,7-14H2,1-4H3. The monoisotopic (exact) mass is 421 g/mol. The number of amides is 2. The van der Waals surface area contributed by atoms with E-state index in [4.69, 9.17) is 16.3 Å². The third kappa shape index (κ3) is 5.56. The van der Waals surface area contributed by atoms with Crippen molar-refractivity contribution in [2.24, 2.45) is 5.92 Å². The van der Waals surface area contributed by atoms with Crippen LogP contribution in [0.3, 0.4) is 0 Å². The number of piperazine rings is 1. The van der Waals surface area contributed by atoms with Gasteiger partial charge in [0.25, 0.3) is 0 Å². The molecule has 0 atom stereocenters. The molecule has 0 aliphatic carbocycles. The largest absolute Gasteiger partial charge is 0.444 e. The van der Waals surface area contributed by atoms with E-state index in [-0.39, 0.29) is 17.9 Å². The van der Waals surface area contributed by atoms with Gasteiger partial charge >= 0.3 is 6.09 Å². The number of likely N-dealkylation sites (tertiary alicyclic amines) is 1. The third-order valence-electron chi connectivity index (χ3n) is 5.60. The van der Waals surface area contributed by atoms with E-state index in [1.807, 2.05) is 43.9 Å². The van der Waals surface area contributed by atoms with E-state index in [1.54, 1.807) is 4.90 Å². The normalized spacial score (nSPS) is 18.7. The van der Waals surface area contributed by atoms with Crippen LogP contribution in [0.15, 0.2) is 18.2 Å². The summed E-state index contributed by atoms with van der Waals surface area (Å²) in [5, 5.41) is 0.737. The van der Waals surface area contributed by atoms with Crippen molar-refractivity contribution in [3.05, 3.63) is 28.8 Å². The molecule has 2 amide bonds. The molecule has 0 spiro atoms. The van der Waals surface area contributed by atoms with E-state index in [9.17, 15) is 9.59 Å². The fourth-order valence-electron chi connectivity index (χ4n) is 3.98. The van der Waals surface area contributed by atoms with Crippen LogP contribution in [-0.2, 0) is 9.53 Å². The van der Waals surface area contributed by atoms with Gasteiger partial charge in [0.2, 0.25) is 5.91 Å². The molecule has 2 heterocycles. The van der Waals surface area contributed by atoms with E-state index in [2.05, 4.69) is 11.8 Å². The lowest BCUT2D eigenvalue weighted by molar-refractivity contribution is -0.137. The Labute approximate surface area is 178 Å². The molecular formula is C22H32ClN3O3. The second kappa shape index (κ2) is 8.82. The van der Waals surface area contributed by atoms with Gasteiger partial charge in [0.05, 0.1) is 0 Å². The molecule has 2 aliphatic heterocycles. The minimum absolute atomic E-state index is 0.00635. The number of ether oxygens (including phenoxy) is 1. The van der Waals surface area contributed by atoms with Crippen LogP contribution in [0.2, 0.25) is 5.02 Å². The summed E-state index contributed by atoms with van der Waals surface area (Å²) in [5.41, 5.74) is 1.85. The molecule has 0 saturated carbocycles. The first-order chi connectivity index (χ1) is 13.6. The number of nitrogens with zero attached hydrogens (tertiary/aromatic N) is 3. The van der Waals surface area contributed by atoms with Gasteiger partial charge in [0.1, 0.15) is 5.60 Å². The fraction of sp³-hybridized carbons (Fsp3) is 0.636. The molecule has 29 heavy (non-hydrogen) atoms. The second-order valence-corrected chi connectivity index (χ2v) is 9.42. The predicted octanol–water partition coefficient (Wildman–Crippen LogP) is 3.94. The third-order valence-corrected chi connectivity index (χ3v) is 5.83.